The first-order valence-electron chi connectivity index (χ1n) is 7.66. The molecule has 0 radical (unpaired) electrons. The standard InChI is InChI=1S/C18H21ClN2O3/c1-24-16-7-3-5-14(11-16)17(22)12-21-18(23)20-9-8-13-4-2-6-15(19)10-13/h2-7,10-11,17,22H,8-9,12H2,1H3,(H2,20,21,23). The minimum Gasteiger partial charge on any atom is -0.497 e. The summed E-state index contributed by atoms with van der Waals surface area (Å²) < 4.78 is 5.11. The van der Waals surface area contributed by atoms with Gasteiger partial charge in [-0.2, -0.15) is 0 Å². The average molecular weight is 349 g/mol. The molecule has 0 heterocycles. The summed E-state index contributed by atoms with van der Waals surface area (Å²) >= 11 is 5.91. The Labute approximate surface area is 146 Å². The smallest absolute Gasteiger partial charge is 0.314 e. The maximum atomic E-state index is 11.8. The number of ether oxygens (including phenoxy) is 1. The molecule has 1 atom stereocenters. The van der Waals surface area contributed by atoms with Crippen LogP contribution < -0.4 is 15.4 Å². The van der Waals surface area contributed by atoms with Gasteiger partial charge in [0.2, 0.25) is 0 Å². The van der Waals surface area contributed by atoms with Crippen molar-refractivity contribution in [3.8, 4) is 5.75 Å². The molecule has 0 aromatic heterocycles. The van der Waals surface area contributed by atoms with Gasteiger partial charge in [-0.3, -0.25) is 0 Å². The number of urea groups is 1. The van der Waals surface area contributed by atoms with Gasteiger partial charge in [-0.05, 0) is 41.8 Å². The van der Waals surface area contributed by atoms with Crippen molar-refractivity contribution in [2.45, 2.75) is 12.5 Å². The highest BCUT2D eigenvalue weighted by molar-refractivity contribution is 6.30. The molecule has 6 heteroatoms. The maximum absolute atomic E-state index is 11.8. The van der Waals surface area contributed by atoms with Crippen molar-refractivity contribution in [1.82, 2.24) is 10.6 Å². The molecule has 24 heavy (non-hydrogen) atoms. The monoisotopic (exact) mass is 348 g/mol. The van der Waals surface area contributed by atoms with Crippen LogP contribution in [0.5, 0.6) is 5.75 Å². The van der Waals surface area contributed by atoms with E-state index >= 15 is 0 Å². The topological polar surface area (TPSA) is 70.6 Å². The number of aliphatic hydroxyl groups is 1. The van der Waals surface area contributed by atoms with Crippen molar-refractivity contribution in [1.29, 1.82) is 0 Å². The molecule has 5 nitrogen and oxygen atoms in total. The summed E-state index contributed by atoms with van der Waals surface area (Å²) in [6.07, 6.45) is -0.106. The molecule has 2 aromatic rings. The van der Waals surface area contributed by atoms with Crippen molar-refractivity contribution in [2.24, 2.45) is 0 Å². The molecule has 2 aromatic carbocycles. The number of benzene rings is 2. The van der Waals surface area contributed by atoms with Gasteiger partial charge < -0.3 is 20.5 Å². The van der Waals surface area contributed by atoms with E-state index in [4.69, 9.17) is 16.3 Å². The van der Waals surface area contributed by atoms with E-state index in [1.54, 1.807) is 31.4 Å². The number of nitrogens with one attached hydrogen (secondary N) is 2. The van der Waals surface area contributed by atoms with Crippen LogP contribution in [-0.2, 0) is 6.42 Å². The van der Waals surface area contributed by atoms with Crippen molar-refractivity contribution in [3.63, 3.8) is 0 Å². The first-order chi connectivity index (χ1) is 11.6. The van der Waals surface area contributed by atoms with Gasteiger partial charge in [-0.25, -0.2) is 4.79 Å². The highest BCUT2D eigenvalue weighted by Gasteiger charge is 2.10. The largest absolute Gasteiger partial charge is 0.497 e. The number of carbonyl (C=O) groups excluding carboxylic acids is 1. The molecule has 0 aliphatic heterocycles. The molecule has 2 amide bonds. The first kappa shape index (κ1) is 18.1. The van der Waals surface area contributed by atoms with Crippen LogP contribution in [0.25, 0.3) is 0 Å². The summed E-state index contributed by atoms with van der Waals surface area (Å²) in [6.45, 7) is 0.609. The third kappa shape index (κ3) is 5.76. The van der Waals surface area contributed by atoms with Crippen LogP contribution in [0.15, 0.2) is 48.5 Å². The average Bonchev–Trinajstić information content (AvgIpc) is 2.60. The van der Waals surface area contributed by atoms with E-state index in [1.807, 2.05) is 24.3 Å². The van der Waals surface area contributed by atoms with E-state index in [0.29, 0.717) is 29.3 Å². The highest BCUT2D eigenvalue weighted by Crippen LogP contribution is 2.18. The Morgan fingerprint density at radius 3 is 2.75 bits per heavy atom. The predicted octanol–water partition coefficient (Wildman–Crippen LogP) is 2.92. The summed E-state index contributed by atoms with van der Waals surface area (Å²) in [7, 11) is 1.57. The zero-order valence-electron chi connectivity index (χ0n) is 13.5. The van der Waals surface area contributed by atoms with E-state index in [0.717, 1.165) is 5.56 Å². The second-order valence-electron chi connectivity index (χ2n) is 5.31. The molecular formula is C18H21ClN2O3. The molecule has 2 rings (SSSR count). The van der Waals surface area contributed by atoms with Crippen LogP contribution in [0.2, 0.25) is 5.02 Å². The zero-order chi connectivity index (χ0) is 17.4. The van der Waals surface area contributed by atoms with Gasteiger partial charge in [0.05, 0.1) is 13.2 Å². The molecule has 0 fully saturated rings. The summed E-state index contributed by atoms with van der Waals surface area (Å²) in [4.78, 5) is 11.8. The Kier molecular flexibility index (Phi) is 6.90. The summed E-state index contributed by atoms with van der Waals surface area (Å²) in [5.74, 6) is 0.664. The second kappa shape index (κ2) is 9.15. The molecule has 0 aliphatic carbocycles. The molecule has 0 bridgehead atoms. The molecule has 3 N–H and O–H groups in total. The quantitative estimate of drug-likeness (QED) is 0.720. The Balaban J connectivity index is 1.72. The number of hydrogen-bond donors (Lipinski definition) is 3. The van der Waals surface area contributed by atoms with Crippen LogP contribution in [0, 0.1) is 0 Å². The van der Waals surface area contributed by atoms with Crippen LogP contribution in [0.1, 0.15) is 17.2 Å². The van der Waals surface area contributed by atoms with E-state index in [9.17, 15) is 9.90 Å². The van der Waals surface area contributed by atoms with Crippen molar-refractivity contribution < 1.29 is 14.6 Å². The van der Waals surface area contributed by atoms with Gasteiger partial charge in [0.25, 0.3) is 0 Å². The maximum Gasteiger partial charge on any atom is 0.314 e. The minimum absolute atomic E-state index is 0.121. The predicted molar refractivity (Wildman–Crippen MR) is 94.5 cm³/mol. The lowest BCUT2D eigenvalue weighted by atomic mass is 10.1. The van der Waals surface area contributed by atoms with Gasteiger partial charge in [0.15, 0.2) is 0 Å². The molecule has 0 aliphatic rings. The lowest BCUT2D eigenvalue weighted by Gasteiger charge is -2.14. The fraction of sp³-hybridized carbons (Fsp3) is 0.278. The van der Waals surface area contributed by atoms with Crippen molar-refractivity contribution in [3.05, 3.63) is 64.7 Å². The van der Waals surface area contributed by atoms with Gasteiger partial charge in [-0.1, -0.05) is 35.9 Å². The lowest BCUT2D eigenvalue weighted by molar-refractivity contribution is 0.173. The molecular weight excluding hydrogens is 328 g/mol. The van der Waals surface area contributed by atoms with Crippen molar-refractivity contribution in [2.75, 3.05) is 20.2 Å². The van der Waals surface area contributed by atoms with E-state index < -0.39 is 6.10 Å². The molecule has 0 spiro atoms. The van der Waals surface area contributed by atoms with Gasteiger partial charge >= 0.3 is 6.03 Å². The van der Waals surface area contributed by atoms with Crippen molar-refractivity contribution >= 4 is 17.6 Å². The third-order valence-corrected chi connectivity index (χ3v) is 3.76. The fourth-order valence-corrected chi connectivity index (χ4v) is 2.44. The number of methoxy groups -OCH3 is 1. The van der Waals surface area contributed by atoms with Crippen LogP contribution in [-0.4, -0.2) is 31.3 Å². The van der Waals surface area contributed by atoms with Gasteiger partial charge in [0, 0.05) is 18.1 Å². The van der Waals surface area contributed by atoms with Crippen LogP contribution >= 0.6 is 11.6 Å². The number of aliphatic hydroxyl groups excluding tert-OH is 1. The Morgan fingerprint density at radius 1 is 1.21 bits per heavy atom. The Hall–Kier alpha value is -2.24. The lowest BCUT2D eigenvalue weighted by Crippen LogP contribution is -2.38. The summed E-state index contributed by atoms with van der Waals surface area (Å²) in [6, 6.07) is 14.3. The molecule has 1 unspecified atom stereocenters. The van der Waals surface area contributed by atoms with E-state index in [1.165, 1.54) is 0 Å². The number of amides is 2. The first-order valence-corrected chi connectivity index (χ1v) is 8.04. The Morgan fingerprint density at radius 2 is 2.00 bits per heavy atom. The second-order valence-corrected chi connectivity index (χ2v) is 5.75. The minimum atomic E-state index is -0.793. The molecule has 128 valence electrons. The highest BCUT2D eigenvalue weighted by atomic mass is 35.5. The van der Waals surface area contributed by atoms with Crippen LogP contribution in [0.4, 0.5) is 4.79 Å². The van der Waals surface area contributed by atoms with E-state index in [-0.39, 0.29) is 12.6 Å². The normalized spacial score (nSPS) is 11.6. The number of rotatable bonds is 7. The fourth-order valence-electron chi connectivity index (χ4n) is 2.23. The molecule has 0 saturated carbocycles. The number of halogens is 1. The Bertz CT molecular complexity index is 679. The third-order valence-electron chi connectivity index (χ3n) is 3.52. The van der Waals surface area contributed by atoms with Gasteiger partial charge in [-0.15, -0.1) is 0 Å². The summed E-state index contributed by atoms with van der Waals surface area (Å²) in [5.41, 5.74) is 1.74. The van der Waals surface area contributed by atoms with Crippen LogP contribution in [0.3, 0.4) is 0 Å². The number of hydrogen-bond acceptors (Lipinski definition) is 3. The number of carbonyl (C=O) groups is 1. The molecule has 0 saturated heterocycles. The SMILES string of the molecule is COc1cccc(C(O)CNC(=O)NCCc2cccc(Cl)c2)c1. The summed E-state index contributed by atoms with van der Waals surface area (Å²) in [5, 5.41) is 16.2. The zero-order valence-corrected chi connectivity index (χ0v) is 14.2. The van der Waals surface area contributed by atoms with Gasteiger partial charge in [0.1, 0.15) is 5.75 Å². The van der Waals surface area contributed by atoms with E-state index in [2.05, 4.69) is 10.6 Å².